The van der Waals surface area contributed by atoms with Crippen LogP contribution >= 0.6 is 0 Å². The molecule has 296 valence electrons. The Hall–Kier alpha value is -6.14. The van der Waals surface area contributed by atoms with E-state index in [0.717, 1.165) is 16.3 Å². The van der Waals surface area contributed by atoms with Gasteiger partial charge in [0, 0.05) is 22.7 Å². The normalized spacial score (nSPS) is 16.3. The molecule has 6 N–H and O–H groups in total. The van der Waals surface area contributed by atoms with Crippen LogP contribution in [-0.4, -0.2) is 65.8 Å². The lowest BCUT2D eigenvalue weighted by Gasteiger charge is -2.27. The smallest absolute Gasteiger partial charge is 0.336 e. The summed E-state index contributed by atoms with van der Waals surface area (Å²) >= 11 is 0. The fourth-order valence-corrected chi connectivity index (χ4v) is 6.91. The topological polar surface area (TPSA) is 170 Å². The van der Waals surface area contributed by atoms with E-state index in [1.807, 2.05) is 57.2 Å². The van der Waals surface area contributed by atoms with Crippen molar-refractivity contribution in [2.75, 3.05) is 26.4 Å². The molecular formula is C46H48N2O9. The van der Waals surface area contributed by atoms with Crippen LogP contribution in [0, 0.1) is 13.8 Å². The summed E-state index contributed by atoms with van der Waals surface area (Å²) in [5.41, 5.74) is 10.1. The van der Waals surface area contributed by atoms with Crippen LogP contribution in [0.15, 0.2) is 109 Å². The Kier molecular flexibility index (Phi) is 12.9. The summed E-state index contributed by atoms with van der Waals surface area (Å²) in [6.07, 6.45) is -0.852. The van der Waals surface area contributed by atoms with E-state index in [-0.39, 0.29) is 43.4 Å². The molecule has 11 heteroatoms. The van der Waals surface area contributed by atoms with Crippen LogP contribution in [-0.2, 0) is 0 Å². The second-order valence-electron chi connectivity index (χ2n) is 14.0. The van der Waals surface area contributed by atoms with Crippen LogP contribution < -0.4 is 30.0 Å². The van der Waals surface area contributed by atoms with E-state index in [0.29, 0.717) is 46.3 Å². The Balaban J connectivity index is 0.000000160. The molecule has 0 aliphatic carbocycles. The van der Waals surface area contributed by atoms with Gasteiger partial charge in [-0.25, -0.2) is 4.79 Å². The number of benzene rings is 6. The number of carboxylic acids is 1. The van der Waals surface area contributed by atoms with Gasteiger partial charge in [-0.3, -0.25) is 4.79 Å². The molecule has 6 aromatic rings. The monoisotopic (exact) mass is 772 g/mol. The number of hydrogen-bond acceptors (Lipinski definition) is 9. The zero-order chi connectivity index (χ0) is 40.6. The summed E-state index contributed by atoms with van der Waals surface area (Å²) in [7, 11) is 0. The number of carbonyl (C=O) groups excluding carboxylic acids is 1. The number of ether oxygens (including phenoxy) is 4. The van der Waals surface area contributed by atoms with Crippen molar-refractivity contribution in [2.24, 2.45) is 5.73 Å². The lowest BCUT2D eigenvalue weighted by atomic mass is 9.99. The summed E-state index contributed by atoms with van der Waals surface area (Å²) in [4.78, 5) is 23.9. The number of aliphatic hydroxyl groups excluding tert-OH is 2. The molecule has 1 amide bonds. The van der Waals surface area contributed by atoms with Gasteiger partial charge in [-0.05, 0) is 84.6 Å². The second-order valence-corrected chi connectivity index (χ2v) is 14.0. The Morgan fingerprint density at radius 2 is 1.12 bits per heavy atom. The molecule has 0 saturated carbocycles. The fourth-order valence-electron chi connectivity index (χ4n) is 6.91. The van der Waals surface area contributed by atoms with Crippen molar-refractivity contribution >= 4 is 33.4 Å². The van der Waals surface area contributed by atoms with E-state index in [1.54, 1.807) is 25.1 Å². The number of rotatable bonds is 7. The van der Waals surface area contributed by atoms with Crippen molar-refractivity contribution in [3.8, 4) is 23.0 Å². The van der Waals surface area contributed by atoms with Crippen molar-refractivity contribution in [3.05, 3.63) is 143 Å². The number of nitrogens with two attached hydrogens (primary N) is 1. The number of carboxylic acid groups (broad SMARTS) is 1. The Morgan fingerprint density at radius 3 is 1.63 bits per heavy atom. The first-order chi connectivity index (χ1) is 27.5. The van der Waals surface area contributed by atoms with Crippen LogP contribution in [0.5, 0.6) is 23.0 Å². The molecule has 0 fully saturated rings. The lowest BCUT2D eigenvalue weighted by molar-refractivity contribution is 0.0446. The van der Waals surface area contributed by atoms with Crippen molar-refractivity contribution in [1.82, 2.24) is 5.32 Å². The number of hydrogen-bond donors (Lipinski definition) is 5. The highest BCUT2D eigenvalue weighted by Crippen LogP contribution is 2.38. The molecule has 0 unspecified atom stereocenters. The van der Waals surface area contributed by atoms with Gasteiger partial charge in [0.2, 0.25) is 0 Å². The van der Waals surface area contributed by atoms with Crippen LogP contribution in [0.2, 0.25) is 0 Å². The Labute approximate surface area is 331 Å². The summed E-state index contributed by atoms with van der Waals surface area (Å²) in [5.74, 6) is 0.875. The van der Waals surface area contributed by atoms with Gasteiger partial charge in [-0.15, -0.1) is 0 Å². The quantitative estimate of drug-likeness (QED) is 0.110. The minimum absolute atomic E-state index is 0.103. The standard InChI is InChI=1S/C23H23NO4.C12H13N.C11H12O5/c1-14-18(10-11-21-22(14)28-17(12-25)13-27-21)23(26)24-15(2)19-9-5-7-16-6-3-4-8-20(16)19;1-9(13)11-8-4-6-10-5-2-3-7-12(10)11;1-6-8(11(13)14)2-3-9-10(6)16-7(4-12)5-15-9/h3-11,15,17,25H,12-13H2,1-2H3,(H,24,26);2-9H,13H2,1H3;2-3,7,12H,4-5H2,1H3,(H,13,14)/t15-,17+;9-;7-/m110/s1. The van der Waals surface area contributed by atoms with E-state index in [2.05, 4.69) is 53.8 Å². The number of nitrogens with one attached hydrogen (secondary N) is 1. The minimum Gasteiger partial charge on any atom is -0.486 e. The molecule has 0 radical (unpaired) electrons. The third-order valence-corrected chi connectivity index (χ3v) is 9.99. The lowest BCUT2D eigenvalue weighted by Crippen LogP contribution is -2.33. The summed E-state index contributed by atoms with van der Waals surface area (Å²) in [6, 6.07) is 35.3. The molecule has 0 saturated heterocycles. The molecule has 2 aliphatic rings. The fraction of sp³-hybridized carbons (Fsp3) is 0.261. The van der Waals surface area contributed by atoms with Crippen LogP contribution in [0.25, 0.3) is 21.5 Å². The number of aromatic carboxylic acids is 1. The molecular weight excluding hydrogens is 725 g/mol. The molecule has 6 aromatic carbocycles. The maximum Gasteiger partial charge on any atom is 0.336 e. The highest BCUT2D eigenvalue weighted by atomic mass is 16.6. The molecule has 11 nitrogen and oxygen atoms in total. The first kappa shape index (κ1) is 40.5. The van der Waals surface area contributed by atoms with Crippen molar-refractivity contribution in [2.45, 2.75) is 52.0 Å². The van der Waals surface area contributed by atoms with Crippen LogP contribution in [0.1, 0.15) is 68.9 Å². The van der Waals surface area contributed by atoms with E-state index in [1.165, 1.54) is 22.4 Å². The maximum atomic E-state index is 13.0. The van der Waals surface area contributed by atoms with Gasteiger partial charge in [0.1, 0.15) is 13.2 Å². The van der Waals surface area contributed by atoms with E-state index < -0.39 is 18.2 Å². The second kappa shape index (κ2) is 18.2. The zero-order valence-electron chi connectivity index (χ0n) is 32.4. The Bertz CT molecular complexity index is 2370. The van der Waals surface area contributed by atoms with Gasteiger partial charge in [-0.1, -0.05) is 84.9 Å². The molecule has 2 heterocycles. The Morgan fingerprint density at radius 1 is 0.667 bits per heavy atom. The minimum atomic E-state index is -1.00. The number of amides is 1. The average Bonchev–Trinajstić information content (AvgIpc) is 3.23. The molecule has 0 aromatic heterocycles. The largest absolute Gasteiger partial charge is 0.486 e. The van der Waals surface area contributed by atoms with E-state index >= 15 is 0 Å². The van der Waals surface area contributed by atoms with Crippen molar-refractivity contribution in [1.29, 1.82) is 0 Å². The third-order valence-electron chi connectivity index (χ3n) is 9.99. The highest BCUT2D eigenvalue weighted by Gasteiger charge is 2.27. The SMILES string of the molecule is C[C@@H](N)c1cccc2ccccc12.Cc1c(C(=O)N[C@H](C)c2cccc3ccccc23)ccc2c1O[C@@H](CO)CO2.Cc1c(C(=O)O)ccc2c1O[C@@H](CO)CO2. The molecule has 8 rings (SSSR count). The van der Waals surface area contributed by atoms with Crippen LogP contribution in [0.3, 0.4) is 0 Å². The zero-order valence-corrected chi connectivity index (χ0v) is 32.4. The van der Waals surface area contributed by atoms with Crippen molar-refractivity contribution in [3.63, 3.8) is 0 Å². The van der Waals surface area contributed by atoms with E-state index in [4.69, 9.17) is 34.9 Å². The van der Waals surface area contributed by atoms with Gasteiger partial charge in [0.15, 0.2) is 35.2 Å². The number of aliphatic hydroxyl groups is 2. The first-order valence-electron chi connectivity index (χ1n) is 18.8. The molecule has 4 atom stereocenters. The number of carbonyl (C=O) groups is 2. The maximum absolute atomic E-state index is 13.0. The van der Waals surface area contributed by atoms with E-state index in [9.17, 15) is 14.7 Å². The van der Waals surface area contributed by atoms with Crippen LogP contribution in [0.4, 0.5) is 0 Å². The molecule has 0 spiro atoms. The number of fused-ring (bicyclic) bond motifs is 4. The summed E-state index contributed by atoms with van der Waals surface area (Å²) in [6.45, 7) is 7.77. The molecule has 0 bridgehead atoms. The predicted octanol–water partition coefficient (Wildman–Crippen LogP) is 7.46. The first-order valence-corrected chi connectivity index (χ1v) is 18.8. The van der Waals surface area contributed by atoms with Gasteiger partial charge < -0.3 is 45.3 Å². The van der Waals surface area contributed by atoms with Gasteiger partial charge >= 0.3 is 5.97 Å². The summed E-state index contributed by atoms with van der Waals surface area (Å²) in [5, 5.41) is 35.1. The highest BCUT2D eigenvalue weighted by molar-refractivity contribution is 5.97. The molecule has 2 aliphatic heterocycles. The average molecular weight is 773 g/mol. The van der Waals surface area contributed by atoms with Gasteiger partial charge in [0.25, 0.3) is 5.91 Å². The summed E-state index contributed by atoms with van der Waals surface area (Å²) < 4.78 is 22.2. The third kappa shape index (κ3) is 9.13. The predicted molar refractivity (Wildman–Crippen MR) is 220 cm³/mol. The van der Waals surface area contributed by atoms with Crippen molar-refractivity contribution < 1.29 is 43.9 Å². The van der Waals surface area contributed by atoms with Gasteiger partial charge in [-0.2, -0.15) is 0 Å². The molecule has 57 heavy (non-hydrogen) atoms. The van der Waals surface area contributed by atoms with Gasteiger partial charge in [0.05, 0.1) is 24.8 Å².